The summed E-state index contributed by atoms with van der Waals surface area (Å²) in [6.45, 7) is 7.83. The molecule has 24 heavy (non-hydrogen) atoms. The normalized spacial score (nSPS) is 21.4. The number of hydrogen-bond acceptors (Lipinski definition) is 2. The largest absolute Gasteiger partial charge is 0.458 e. The van der Waals surface area contributed by atoms with Gasteiger partial charge in [0.05, 0.1) is 17.1 Å². The Morgan fingerprint density at radius 3 is 2.08 bits per heavy atom. The Kier molecular flexibility index (Phi) is 5.50. The molecule has 1 fully saturated rings. The molecule has 0 N–H and O–H groups in total. The van der Waals surface area contributed by atoms with E-state index < -0.39 is 23.3 Å². The molecule has 1 aliphatic rings. The predicted octanol–water partition coefficient (Wildman–Crippen LogP) is 5.37. The van der Waals surface area contributed by atoms with Crippen LogP contribution in [-0.2, 0) is 9.31 Å². The van der Waals surface area contributed by atoms with Crippen LogP contribution in [0, 0.1) is 0 Å². The predicted molar refractivity (Wildman–Crippen MR) is 89.9 cm³/mol. The van der Waals surface area contributed by atoms with E-state index in [-0.39, 0.29) is 12.7 Å². The summed E-state index contributed by atoms with van der Waals surface area (Å²) in [6, 6.07) is 7.94. The minimum absolute atomic E-state index is 0.247. The van der Waals surface area contributed by atoms with E-state index in [4.69, 9.17) is 9.31 Å². The Bertz CT molecular complexity index is 551. The average Bonchev–Trinajstić information content (AvgIpc) is 2.66. The highest BCUT2D eigenvalue weighted by molar-refractivity contribution is 6.45. The van der Waals surface area contributed by atoms with Crippen molar-refractivity contribution < 1.29 is 22.5 Å². The van der Waals surface area contributed by atoms with Crippen molar-refractivity contribution in [3.63, 3.8) is 0 Å². The van der Waals surface area contributed by atoms with Gasteiger partial charge in [-0.25, -0.2) is 0 Å². The van der Waals surface area contributed by atoms with E-state index in [9.17, 15) is 13.2 Å². The number of allylic oxidation sites excluding steroid dienone is 2. The van der Waals surface area contributed by atoms with Crippen molar-refractivity contribution in [3.05, 3.63) is 48.0 Å². The van der Waals surface area contributed by atoms with Crippen molar-refractivity contribution in [1.29, 1.82) is 0 Å². The fraction of sp³-hybridized carbons (Fsp3) is 0.556. The van der Waals surface area contributed by atoms with Crippen LogP contribution >= 0.6 is 0 Å². The van der Waals surface area contributed by atoms with Crippen LogP contribution in [0.5, 0.6) is 0 Å². The third kappa shape index (κ3) is 4.42. The molecule has 0 radical (unpaired) electrons. The van der Waals surface area contributed by atoms with E-state index in [2.05, 4.69) is 0 Å². The molecule has 2 nitrogen and oxygen atoms in total. The summed E-state index contributed by atoms with van der Waals surface area (Å²) < 4.78 is 51.4. The Morgan fingerprint density at radius 2 is 1.58 bits per heavy atom. The zero-order valence-electron chi connectivity index (χ0n) is 14.6. The minimum Gasteiger partial charge on any atom is -0.403 e. The first-order valence-corrected chi connectivity index (χ1v) is 8.17. The maximum atomic E-state index is 13.2. The van der Waals surface area contributed by atoms with Crippen molar-refractivity contribution in [1.82, 2.24) is 0 Å². The van der Waals surface area contributed by atoms with Crippen LogP contribution in [0.1, 0.15) is 45.6 Å². The average molecular weight is 340 g/mol. The first kappa shape index (κ1) is 19.1. The molecular weight excluding hydrogens is 316 g/mol. The number of benzene rings is 1. The zero-order chi connectivity index (χ0) is 18.0. The van der Waals surface area contributed by atoms with Gasteiger partial charge in [-0.2, -0.15) is 13.2 Å². The Morgan fingerprint density at radius 1 is 1.04 bits per heavy atom. The molecule has 0 spiro atoms. The van der Waals surface area contributed by atoms with Gasteiger partial charge in [-0.1, -0.05) is 42.5 Å². The number of hydrogen-bond donors (Lipinski definition) is 0. The lowest BCUT2D eigenvalue weighted by Crippen LogP contribution is -2.41. The van der Waals surface area contributed by atoms with Crippen LogP contribution in [-0.4, -0.2) is 24.5 Å². The summed E-state index contributed by atoms with van der Waals surface area (Å²) in [7, 11) is -0.388. The molecule has 0 aliphatic carbocycles. The fourth-order valence-corrected chi connectivity index (χ4v) is 2.62. The summed E-state index contributed by atoms with van der Waals surface area (Å²) in [5, 5.41) is 0. The van der Waals surface area contributed by atoms with Crippen molar-refractivity contribution in [2.24, 2.45) is 0 Å². The zero-order valence-corrected chi connectivity index (χ0v) is 14.6. The molecule has 1 heterocycles. The topological polar surface area (TPSA) is 18.5 Å². The van der Waals surface area contributed by atoms with Gasteiger partial charge in [0, 0.05) is 0 Å². The molecule has 2 rings (SSSR count). The molecule has 1 atom stereocenters. The monoisotopic (exact) mass is 340 g/mol. The van der Waals surface area contributed by atoms with Crippen LogP contribution in [0.3, 0.4) is 0 Å². The van der Waals surface area contributed by atoms with Crippen molar-refractivity contribution in [2.45, 2.75) is 63.7 Å². The minimum atomic E-state index is -4.30. The molecule has 1 saturated heterocycles. The molecule has 6 heteroatoms. The van der Waals surface area contributed by atoms with Crippen LogP contribution in [0.2, 0.25) is 6.32 Å². The summed E-state index contributed by atoms with van der Waals surface area (Å²) in [5.41, 5.74) is -0.586. The third-order valence-corrected chi connectivity index (χ3v) is 4.71. The molecule has 1 aliphatic heterocycles. The van der Waals surface area contributed by atoms with Gasteiger partial charge in [-0.05, 0) is 46.0 Å². The standard InChI is InChI=1S/C18H24BF3O2/c1-16(2)17(3,4)24-19(23-16)13-9-8-12-15(18(20,21)22)14-10-6-5-7-11-14/h5-8,10-12,15H,9,13H2,1-4H3/b12-8+. The van der Waals surface area contributed by atoms with Gasteiger partial charge in [-0.15, -0.1) is 0 Å². The number of alkyl halides is 3. The van der Waals surface area contributed by atoms with Gasteiger partial charge in [0.15, 0.2) is 0 Å². The van der Waals surface area contributed by atoms with Gasteiger partial charge >= 0.3 is 13.3 Å². The fourth-order valence-electron chi connectivity index (χ4n) is 2.62. The second-order valence-corrected chi connectivity index (χ2v) is 7.12. The number of rotatable bonds is 5. The van der Waals surface area contributed by atoms with Crippen LogP contribution in [0.4, 0.5) is 13.2 Å². The smallest absolute Gasteiger partial charge is 0.403 e. The molecule has 0 bridgehead atoms. The van der Waals surface area contributed by atoms with Gasteiger partial charge in [0.2, 0.25) is 0 Å². The van der Waals surface area contributed by atoms with E-state index in [0.29, 0.717) is 12.7 Å². The highest BCUT2D eigenvalue weighted by Gasteiger charge is 2.50. The van der Waals surface area contributed by atoms with E-state index in [0.717, 1.165) is 0 Å². The Hall–Kier alpha value is -1.27. The molecule has 0 aromatic heterocycles. The Balaban J connectivity index is 1.95. The second kappa shape index (κ2) is 6.92. The summed E-state index contributed by atoms with van der Waals surface area (Å²) in [5.74, 6) is -1.59. The van der Waals surface area contributed by atoms with Crippen molar-refractivity contribution in [3.8, 4) is 0 Å². The maximum absolute atomic E-state index is 13.2. The first-order valence-electron chi connectivity index (χ1n) is 8.17. The Labute approximate surface area is 142 Å². The summed E-state index contributed by atoms with van der Waals surface area (Å²) in [6.07, 6.45) is -0.516. The third-order valence-electron chi connectivity index (χ3n) is 4.71. The van der Waals surface area contributed by atoms with Gasteiger partial charge < -0.3 is 9.31 Å². The lowest BCUT2D eigenvalue weighted by atomic mass is 9.83. The van der Waals surface area contributed by atoms with Crippen molar-refractivity contribution >= 4 is 7.12 Å². The van der Waals surface area contributed by atoms with Gasteiger partial charge in [0.1, 0.15) is 0 Å². The molecule has 132 valence electrons. The van der Waals surface area contributed by atoms with E-state index in [1.165, 1.54) is 18.2 Å². The molecule has 1 unspecified atom stereocenters. The van der Waals surface area contributed by atoms with Gasteiger partial charge in [0.25, 0.3) is 0 Å². The quantitative estimate of drug-likeness (QED) is 0.530. The SMILES string of the molecule is CC1(C)OB(CC/C=C/C(c2ccccc2)C(F)(F)F)OC1(C)C. The molecule has 0 saturated carbocycles. The van der Waals surface area contributed by atoms with Crippen molar-refractivity contribution in [2.75, 3.05) is 0 Å². The molecule has 1 aromatic carbocycles. The first-order chi connectivity index (χ1) is 11.0. The highest BCUT2D eigenvalue weighted by Crippen LogP contribution is 2.38. The summed E-state index contributed by atoms with van der Waals surface area (Å²) in [4.78, 5) is 0. The van der Waals surface area contributed by atoms with E-state index in [1.807, 2.05) is 27.7 Å². The van der Waals surface area contributed by atoms with E-state index in [1.54, 1.807) is 24.3 Å². The second-order valence-electron chi connectivity index (χ2n) is 7.12. The molecular formula is C18H24BF3O2. The van der Waals surface area contributed by atoms with Crippen LogP contribution in [0.25, 0.3) is 0 Å². The maximum Gasteiger partial charge on any atom is 0.458 e. The van der Waals surface area contributed by atoms with E-state index >= 15 is 0 Å². The van der Waals surface area contributed by atoms with Crippen LogP contribution < -0.4 is 0 Å². The highest BCUT2D eigenvalue weighted by atomic mass is 19.4. The summed E-state index contributed by atoms with van der Waals surface area (Å²) >= 11 is 0. The lowest BCUT2D eigenvalue weighted by Gasteiger charge is -2.32. The lowest BCUT2D eigenvalue weighted by molar-refractivity contribution is -0.139. The van der Waals surface area contributed by atoms with Crippen LogP contribution in [0.15, 0.2) is 42.5 Å². The molecule has 0 amide bonds. The van der Waals surface area contributed by atoms with Gasteiger partial charge in [-0.3, -0.25) is 0 Å². The molecule has 1 aromatic rings. The number of halogens is 3.